The number of aromatic nitrogens is 3. The van der Waals surface area contributed by atoms with Crippen LogP contribution in [0, 0.1) is 0 Å². The maximum atomic E-state index is 5.47. The van der Waals surface area contributed by atoms with E-state index >= 15 is 0 Å². The predicted octanol–water partition coefficient (Wildman–Crippen LogP) is 5.42. The second-order valence-corrected chi connectivity index (χ2v) is 8.37. The Morgan fingerprint density at radius 3 is 2.12 bits per heavy atom. The van der Waals surface area contributed by atoms with Crippen LogP contribution in [-0.2, 0) is 25.1 Å². The van der Waals surface area contributed by atoms with Crippen molar-refractivity contribution < 1.29 is 9.47 Å². The van der Waals surface area contributed by atoms with Crippen LogP contribution in [0.5, 0.6) is 11.5 Å². The molecule has 1 aromatic heterocycles. The van der Waals surface area contributed by atoms with Crippen molar-refractivity contribution in [2.24, 2.45) is 0 Å². The molecule has 3 aromatic carbocycles. The van der Waals surface area contributed by atoms with Gasteiger partial charge in [-0.15, -0.1) is 10.2 Å². The van der Waals surface area contributed by atoms with E-state index in [0.29, 0.717) is 0 Å². The quantitative estimate of drug-likeness (QED) is 0.305. The van der Waals surface area contributed by atoms with Crippen molar-refractivity contribution in [1.82, 2.24) is 14.8 Å². The van der Waals surface area contributed by atoms with Crippen LogP contribution in [0.15, 0.2) is 84.0 Å². The molecule has 1 heterocycles. The second-order valence-electron chi connectivity index (χ2n) is 7.43. The molecule has 164 valence electrons. The van der Waals surface area contributed by atoms with Gasteiger partial charge in [0.25, 0.3) is 0 Å². The van der Waals surface area contributed by atoms with Crippen LogP contribution in [0.2, 0.25) is 0 Å². The fraction of sp³-hybridized carbons (Fsp3) is 0.231. The number of nitrogens with zero attached hydrogens (tertiary/aromatic N) is 3. The number of benzene rings is 3. The Bertz CT molecular complexity index is 1130. The first-order valence-electron chi connectivity index (χ1n) is 10.6. The van der Waals surface area contributed by atoms with Crippen molar-refractivity contribution in [3.05, 3.63) is 101 Å². The first-order chi connectivity index (χ1) is 15.8. The van der Waals surface area contributed by atoms with E-state index in [2.05, 4.69) is 69.4 Å². The van der Waals surface area contributed by atoms with Gasteiger partial charge in [0, 0.05) is 18.7 Å². The number of hydrogen-bond donors (Lipinski definition) is 0. The van der Waals surface area contributed by atoms with Crippen LogP contribution in [0.1, 0.15) is 22.5 Å². The molecule has 0 N–H and O–H groups in total. The Morgan fingerprint density at radius 2 is 1.44 bits per heavy atom. The van der Waals surface area contributed by atoms with Crippen molar-refractivity contribution in [1.29, 1.82) is 0 Å². The third-order valence-electron chi connectivity index (χ3n) is 5.28. The van der Waals surface area contributed by atoms with Gasteiger partial charge in [-0.25, -0.2) is 0 Å². The standard InChI is InChI=1S/C26H27N3O2S/c1-30-23-14-13-21(17-24(23)31-2)15-16-29-25(18-20-9-5-3-6-10-20)27-28-26(29)32-19-22-11-7-4-8-12-22/h3-14,17H,15-16,18-19H2,1-2H3. The van der Waals surface area contributed by atoms with Gasteiger partial charge in [0.1, 0.15) is 5.82 Å². The van der Waals surface area contributed by atoms with Gasteiger partial charge in [-0.3, -0.25) is 0 Å². The van der Waals surface area contributed by atoms with Crippen molar-refractivity contribution in [3.63, 3.8) is 0 Å². The summed E-state index contributed by atoms with van der Waals surface area (Å²) < 4.78 is 13.1. The summed E-state index contributed by atoms with van der Waals surface area (Å²) in [5, 5.41) is 10.0. The van der Waals surface area contributed by atoms with Crippen LogP contribution < -0.4 is 9.47 Å². The monoisotopic (exact) mass is 445 g/mol. The normalized spacial score (nSPS) is 10.8. The number of thioether (sulfide) groups is 1. The molecule has 0 saturated carbocycles. The topological polar surface area (TPSA) is 49.2 Å². The first kappa shape index (κ1) is 22.0. The van der Waals surface area contributed by atoms with Gasteiger partial charge in [-0.1, -0.05) is 78.5 Å². The molecule has 0 spiro atoms. The number of ether oxygens (including phenoxy) is 2. The highest BCUT2D eigenvalue weighted by Crippen LogP contribution is 2.28. The summed E-state index contributed by atoms with van der Waals surface area (Å²) in [4.78, 5) is 0. The van der Waals surface area contributed by atoms with Crippen LogP contribution in [0.3, 0.4) is 0 Å². The number of rotatable bonds is 10. The average molecular weight is 446 g/mol. The zero-order valence-corrected chi connectivity index (χ0v) is 19.2. The van der Waals surface area contributed by atoms with Gasteiger partial charge in [-0.05, 0) is 35.2 Å². The van der Waals surface area contributed by atoms with E-state index in [-0.39, 0.29) is 0 Å². The molecule has 0 aliphatic heterocycles. The van der Waals surface area contributed by atoms with E-state index in [1.54, 1.807) is 26.0 Å². The molecule has 0 atom stereocenters. The lowest BCUT2D eigenvalue weighted by Crippen LogP contribution is -2.09. The van der Waals surface area contributed by atoms with Crippen molar-refractivity contribution in [2.45, 2.75) is 30.3 Å². The molecule has 4 rings (SSSR count). The van der Waals surface area contributed by atoms with Gasteiger partial charge in [0.2, 0.25) is 0 Å². The van der Waals surface area contributed by atoms with Crippen molar-refractivity contribution in [3.8, 4) is 11.5 Å². The zero-order chi connectivity index (χ0) is 22.2. The highest BCUT2D eigenvalue weighted by atomic mass is 32.2. The lowest BCUT2D eigenvalue weighted by molar-refractivity contribution is 0.354. The number of methoxy groups -OCH3 is 2. The van der Waals surface area contributed by atoms with E-state index < -0.39 is 0 Å². The minimum atomic E-state index is 0.740. The van der Waals surface area contributed by atoms with Crippen LogP contribution >= 0.6 is 11.8 Å². The minimum Gasteiger partial charge on any atom is -0.493 e. The molecule has 0 radical (unpaired) electrons. The minimum absolute atomic E-state index is 0.740. The van der Waals surface area contributed by atoms with Gasteiger partial charge in [0.05, 0.1) is 14.2 Å². The smallest absolute Gasteiger partial charge is 0.191 e. The molecule has 0 aliphatic carbocycles. The molecule has 0 unspecified atom stereocenters. The van der Waals surface area contributed by atoms with Crippen molar-refractivity contribution >= 4 is 11.8 Å². The number of hydrogen-bond acceptors (Lipinski definition) is 5. The highest BCUT2D eigenvalue weighted by Gasteiger charge is 2.14. The van der Waals surface area contributed by atoms with E-state index in [4.69, 9.17) is 9.47 Å². The third-order valence-corrected chi connectivity index (χ3v) is 6.32. The van der Waals surface area contributed by atoms with E-state index in [0.717, 1.165) is 47.6 Å². The maximum absolute atomic E-state index is 5.47. The lowest BCUT2D eigenvalue weighted by Gasteiger charge is -2.12. The summed E-state index contributed by atoms with van der Waals surface area (Å²) in [6, 6.07) is 26.9. The SMILES string of the molecule is COc1ccc(CCn2c(Cc3ccccc3)nnc2SCc2ccccc2)cc1OC. The molecule has 6 heteroatoms. The third kappa shape index (κ3) is 5.51. The summed E-state index contributed by atoms with van der Waals surface area (Å²) in [6.07, 6.45) is 1.60. The molecule has 0 bridgehead atoms. The first-order valence-corrected chi connectivity index (χ1v) is 11.6. The molecular formula is C26H27N3O2S. The Hall–Kier alpha value is -3.25. The van der Waals surface area contributed by atoms with Crippen molar-refractivity contribution in [2.75, 3.05) is 14.2 Å². The summed E-state index contributed by atoms with van der Waals surface area (Å²) >= 11 is 1.73. The summed E-state index contributed by atoms with van der Waals surface area (Å²) in [7, 11) is 3.32. The molecular weight excluding hydrogens is 418 g/mol. The summed E-state index contributed by atoms with van der Waals surface area (Å²) in [6.45, 7) is 0.793. The van der Waals surface area contributed by atoms with E-state index in [1.165, 1.54) is 16.7 Å². The molecule has 4 aromatic rings. The highest BCUT2D eigenvalue weighted by molar-refractivity contribution is 7.98. The molecule has 0 saturated heterocycles. The second kappa shape index (κ2) is 10.9. The van der Waals surface area contributed by atoms with Crippen LogP contribution in [0.25, 0.3) is 0 Å². The Kier molecular flexibility index (Phi) is 7.46. The summed E-state index contributed by atoms with van der Waals surface area (Å²) in [5.74, 6) is 3.33. The van der Waals surface area contributed by atoms with Crippen LogP contribution in [-0.4, -0.2) is 29.0 Å². The molecule has 0 aliphatic rings. The molecule has 5 nitrogen and oxygen atoms in total. The summed E-state index contributed by atoms with van der Waals surface area (Å²) in [5.41, 5.74) is 3.68. The fourth-order valence-corrected chi connectivity index (χ4v) is 4.50. The lowest BCUT2D eigenvalue weighted by atomic mass is 10.1. The fourth-order valence-electron chi connectivity index (χ4n) is 3.56. The maximum Gasteiger partial charge on any atom is 0.191 e. The predicted molar refractivity (Wildman–Crippen MR) is 129 cm³/mol. The Balaban J connectivity index is 1.55. The molecule has 0 fully saturated rings. The van der Waals surface area contributed by atoms with E-state index in [9.17, 15) is 0 Å². The largest absolute Gasteiger partial charge is 0.493 e. The molecule has 0 amide bonds. The zero-order valence-electron chi connectivity index (χ0n) is 18.4. The van der Waals surface area contributed by atoms with Gasteiger partial charge < -0.3 is 14.0 Å². The van der Waals surface area contributed by atoms with E-state index in [1.807, 2.05) is 24.3 Å². The Morgan fingerprint density at radius 1 is 0.750 bits per heavy atom. The van der Waals surface area contributed by atoms with Crippen LogP contribution in [0.4, 0.5) is 0 Å². The average Bonchev–Trinajstić information content (AvgIpc) is 3.23. The molecule has 32 heavy (non-hydrogen) atoms. The van der Waals surface area contributed by atoms with Gasteiger partial charge >= 0.3 is 0 Å². The number of aryl methyl sites for hydroxylation is 1. The van der Waals surface area contributed by atoms with Gasteiger partial charge in [0.15, 0.2) is 16.7 Å². The Labute approximate surface area is 193 Å². The van der Waals surface area contributed by atoms with Gasteiger partial charge in [-0.2, -0.15) is 0 Å².